The molecule has 0 saturated heterocycles. The molecular formula is C12H16N4O2. The van der Waals surface area contributed by atoms with Crippen molar-refractivity contribution in [2.45, 2.75) is 19.4 Å². The zero-order chi connectivity index (χ0) is 12.8. The second kappa shape index (κ2) is 6.02. The van der Waals surface area contributed by atoms with Crippen molar-refractivity contribution in [3.05, 3.63) is 36.7 Å². The van der Waals surface area contributed by atoms with Gasteiger partial charge in [-0.25, -0.2) is 4.98 Å². The average molecular weight is 248 g/mol. The molecule has 0 fully saturated rings. The summed E-state index contributed by atoms with van der Waals surface area (Å²) in [6.45, 7) is 1.54. The lowest BCUT2D eigenvalue weighted by Crippen LogP contribution is -2.11. The largest absolute Gasteiger partial charge is 0.459 e. The van der Waals surface area contributed by atoms with Crippen molar-refractivity contribution in [1.82, 2.24) is 9.55 Å². The Morgan fingerprint density at radius 3 is 3.11 bits per heavy atom. The zero-order valence-electron chi connectivity index (χ0n) is 10.0. The first-order valence-corrected chi connectivity index (χ1v) is 5.86. The minimum Gasteiger partial charge on any atom is -0.459 e. The van der Waals surface area contributed by atoms with Crippen molar-refractivity contribution in [2.24, 2.45) is 5.73 Å². The van der Waals surface area contributed by atoms with E-state index in [4.69, 9.17) is 10.2 Å². The molecule has 0 unspecified atom stereocenters. The number of nitrogens with two attached hydrogens (primary N) is 1. The van der Waals surface area contributed by atoms with Gasteiger partial charge in [-0.2, -0.15) is 0 Å². The summed E-state index contributed by atoms with van der Waals surface area (Å²) >= 11 is 0. The molecule has 6 nitrogen and oxygen atoms in total. The summed E-state index contributed by atoms with van der Waals surface area (Å²) in [7, 11) is 0. The number of aryl methyl sites for hydroxylation is 1. The second-order valence-electron chi connectivity index (χ2n) is 3.92. The maximum atomic E-state index is 11.7. The fourth-order valence-electron chi connectivity index (χ4n) is 1.57. The Hall–Kier alpha value is -2.08. The number of anilines is 1. The summed E-state index contributed by atoms with van der Waals surface area (Å²) in [5.41, 5.74) is 5.43. The van der Waals surface area contributed by atoms with Crippen molar-refractivity contribution in [1.29, 1.82) is 0 Å². The maximum Gasteiger partial charge on any atom is 0.292 e. The number of furan rings is 1. The fourth-order valence-corrected chi connectivity index (χ4v) is 1.57. The molecule has 0 aliphatic heterocycles. The van der Waals surface area contributed by atoms with Gasteiger partial charge in [0.2, 0.25) is 0 Å². The summed E-state index contributed by atoms with van der Waals surface area (Å²) in [4.78, 5) is 15.8. The molecule has 0 aliphatic carbocycles. The molecule has 2 aromatic heterocycles. The predicted octanol–water partition coefficient (Wildman–Crippen LogP) is 1.47. The SMILES string of the molecule is NCCCCn1cnc(NC(=O)c2ccco2)c1. The van der Waals surface area contributed by atoms with Crippen LogP contribution in [0.2, 0.25) is 0 Å². The fraction of sp³-hybridized carbons (Fsp3) is 0.333. The molecular weight excluding hydrogens is 232 g/mol. The molecule has 2 heterocycles. The first-order valence-electron chi connectivity index (χ1n) is 5.86. The van der Waals surface area contributed by atoms with Gasteiger partial charge in [-0.05, 0) is 31.5 Å². The highest BCUT2D eigenvalue weighted by Gasteiger charge is 2.09. The Kier molecular flexibility index (Phi) is 4.14. The lowest BCUT2D eigenvalue weighted by atomic mass is 10.3. The standard InChI is InChI=1S/C12H16N4O2/c13-5-1-2-6-16-8-11(14-9-16)15-12(17)10-4-3-7-18-10/h3-4,7-9H,1-2,5-6,13H2,(H,15,17). The van der Waals surface area contributed by atoms with Crippen LogP contribution in [0.5, 0.6) is 0 Å². The molecule has 6 heteroatoms. The molecule has 2 aromatic rings. The van der Waals surface area contributed by atoms with E-state index in [-0.39, 0.29) is 11.7 Å². The molecule has 0 aromatic carbocycles. The summed E-state index contributed by atoms with van der Waals surface area (Å²) in [5, 5.41) is 2.67. The highest BCUT2D eigenvalue weighted by atomic mass is 16.3. The maximum absolute atomic E-state index is 11.7. The van der Waals surface area contributed by atoms with Crippen molar-refractivity contribution in [3.8, 4) is 0 Å². The topological polar surface area (TPSA) is 86.1 Å². The van der Waals surface area contributed by atoms with Gasteiger partial charge in [0.05, 0.1) is 12.6 Å². The highest BCUT2D eigenvalue weighted by Crippen LogP contribution is 2.08. The monoisotopic (exact) mass is 248 g/mol. The molecule has 0 spiro atoms. The van der Waals surface area contributed by atoms with E-state index in [1.54, 1.807) is 24.7 Å². The number of rotatable bonds is 6. The number of hydrogen-bond acceptors (Lipinski definition) is 4. The number of unbranched alkanes of at least 4 members (excludes halogenated alkanes) is 1. The predicted molar refractivity (Wildman–Crippen MR) is 67.2 cm³/mol. The Labute approximate surface area is 105 Å². The quantitative estimate of drug-likeness (QED) is 0.758. The molecule has 1 amide bonds. The summed E-state index contributed by atoms with van der Waals surface area (Å²) in [6, 6.07) is 3.27. The number of aromatic nitrogens is 2. The van der Waals surface area contributed by atoms with E-state index in [1.807, 2.05) is 4.57 Å². The lowest BCUT2D eigenvalue weighted by molar-refractivity contribution is 0.0996. The van der Waals surface area contributed by atoms with Gasteiger partial charge in [0, 0.05) is 12.7 Å². The van der Waals surface area contributed by atoms with E-state index in [0.717, 1.165) is 19.4 Å². The van der Waals surface area contributed by atoms with Crippen LogP contribution in [0.1, 0.15) is 23.4 Å². The molecule has 0 bridgehead atoms. The van der Waals surface area contributed by atoms with Gasteiger partial charge in [-0.15, -0.1) is 0 Å². The van der Waals surface area contributed by atoms with Gasteiger partial charge in [0.1, 0.15) is 0 Å². The Morgan fingerprint density at radius 1 is 1.50 bits per heavy atom. The molecule has 18 heavy (non-hydrogen) atoms. The molecule has 0 radical (unpaired) electrons. The summed E-state index contributed by atoms with van der Waals surface area (Å²) in [6.07, 6.45) is 6.91. The van der Waals surface area contributed by atoms with Crippen LogP contribution in [0.25, 0.3) is 0 Å². The summed E-state index contributed by atoms with van der Waals surface area (Å²) < 4.78 is 6.92. The number of nitrogens with zero attached hydrogens (tertiary/aromatic N) is 2. The Morgan fingerprint density at radius 2 is 2.39 bits per heavy atom. The van der Waals surface area contributed by atoms with Crippen LogP contribution >= 0.6 is 0 Å². The van der Waals surface area contributed by atoms with Crippen molar-refractivity contribution < 1.29 is 9.21 Å². The third-order valence-electron chi connectivity index (χ3n) is 2.49. The van der Waals surface area contributed by atoms with Crippen molar-refractivity contribution in [3.63, 3.8) is 0 Å². The number of carbonyl (C=O) groups is 1. The lowest BCUT2D eigenvalue weighted by Gasteiger charge is -2.00. The van der Waals surface area contributed by atoms with E-state index in [1.165, 1.54) is 6.26 Å². The van der Waals surface area contributed by atoms with Gasteiger partial charge in [0.15, 0.2) is 11.6 Å². The van der Waals surface area contributed by atoms with Gasteiger partial charge in [-0.3, -0.25) is 4.79 Å². The molecule has 96 valence electrons. The van der Waals surface area contributed by atoms with Crippen LogP contribution in [0.15, 0.2) is 35.3 Å². The highest BCUT2D eigenvalue weighted by molar-refractivity contribution is 6.01. The van der Waals surface area contributed by atoms with E-state index in [0.29, 0.717) is 12.4 Å². The van der Waals surface area contributed by atoms with Crippen LogP contribution in [-0.2, 0) is 6.54 Å². The Balaban J connectivity index is 1.88. The number of hydrogen-bond donors (Lipinski definition) is 2. The first-order chi connectivity index (χ1) is 8.79. The normalized spacial score (nSPS) is 10.5. The summed E-state index contributed by atoms with van der Waals surface area (Å²) in [5.74, 6) is 0.490. The van der Waals surface area contributed by atoms with Gasteiger partial charge < -0.3 is 20.0 Å². The van der Waals surface area contributed by atoms with E-state index in [9.17, 15) is 4.79 Å². The number of amides is 1. The van der Waals surface area contributed by atoms with Crippen LogP contribution in [0, 0.1) is 0 Å². The minimum atomic E-state index is -0.299. The Bertz CT molecular complexity index is 490. The van der Waals surface area contributed by atoms with E-state index < -0.39 is 0 Å². The van der Waals surface area contributed by atoms with Gasteiger partial charge >= 0.3 is 0 Å². The second-order valence-corrected chi connectivity index (χ2v) is 3.92. The van der Waals surface area contributed by atoms with Crippen LogP contribution < -0.4 is 11.1 Å². The van der Waals surface area contributed by atoms with Crippen LogP contribution in [0.4, 0.5) is 5.82 Å². The van der Waals surface area contributed by atoms with E-state index >= 15 is 0 Å². The van der Waals surface area contributed by atoms with Crippen molar-refractivity contribution in [2.75, 3.05) is 11.9 Å². The third kappa shape index (κ3) is 3.21. The third-order valence-corrected chi connectivity index (χ3v) is 2.49. The molecule has 0 saturated carbocycles. The van der Waals surface area contributed by atoms with Crippen LogP contribution in [-0.4, -0.2) is 22.0 Å². The minimum absolute atomic E-state index is 0.271. The van der Waals surface area contributed by atoms with E-state index in [2.05, 4.69) is 10.3 Å². The van der Waals surface area contributed by atoms with Crippen LogP contribution in [0.3, 0.4) is 0 Å². The molecule has 3 N–H and O–H groups in total. The number of nitrogens with one attached hydrogen (secondary N) is 1. The average Bonchev–Trinajstić information content (AvgIpc) is 3.00. The molecule has 2 rings (SSSR count). The van der Waals surface area contributed by atoms with Crippen molar-refractivity contribution >= 4 is 11.7 Å². The molecule has 0 atom stereocenters. The smallest absolute Gasteiger partial charge is 0.292 e. The number of imidazole rings is 1. The van der Waals surface area contributed by atoms with Gasteiger partial charge in [0.25, 0.3) is 5.91 Å². The zero-order valence-corrected chi connectivity index (χ0v) is 10.0. The van der Waals surface area contributed by atoms with Gasteiger partial charge in [-0.1, -0.05) is 0 Å². The number of carbonyl (C=O) groups excluding carboxylic acids is 1. The first kappa shape index (κ1) is 12.4. The molecule has 0 aliphatic rings.